The second kappa shape index (κ2) is 7.51. The molecule has 0 bridgehead atoms. The molecule has 4 heteroatoms. The Bertz CT molecular complexity index is 463. The van der Waals surface area contributed by atoms with Crippen molar-refractivity contribution in [2.45, 2.75) is 55.8 Å². The highest BCUT2D eigenvalue weighted by atomic mass is 35.5. The van der Waals surface area contributed by atoms with Gasteiger partial charge in [-0.3, -0.25) is 4.79 Å². The molecular formula is C17H23Cl2NO. The predicted octanol–water partition coefficient (Wildman–Crippen LogP) is 4.31. The van der Waals surface area contributed by atoms with Gasteiger partial charge in [0.2, 0.25) is 5.91 Å². The molecule has 0 heterocycles. The third-order valence-electron chi connectivity index (χ3n) is 4.06. The van der Waals surface area contributed by atoms with Gasteiger partial charge < -0.3 is 5.32 Å². The Balaban J connectivity index is 2.25. The number of carbonyl (C=O) groups excluding carboxylic acids is 1. The van der Waals surface area contributed by atoms with Crippen molar-refractivity contribution in [2.75, 3.05) is 0 Å². The molecule has 116 valence electrons. The zero-order valence-electron chi connectivity index (χ0n) is 12.6. The molecule has 1 aromatic rings. The molecule has 0 aliphatic heterocycles. The van der Waals surface area contributed by atoms with Crippen molar-refractivity contribution in [1.82, 2.24) is 5.32 Å². The van der Waals surface area contributed by atoms with E-state index in [0.717, 1.165) is 24.8 Å². The second-order valence-corrected chi connectivity index (χ2v) is 7.32. The van der Waals surface area contributed by atoms with Crippen LogP contribution in [0.2, 0.25) is 0 Å². The van der Waals surface area contributed by atoms with Crippen LogP contribution >= 0.6 is 23.2 Å². The lowest BCUT2D eigenvalue weighted by Gasteiger charge is -2.35. The van der Waals surface area contributed by atoms with Gasteiger partial charge in [0, 0.05) is 16.8 Å². The van der Waals surface area contributed by atoms with E-state index in [4.69, 9.17) is 23.2 Å². The lowest BCUT2D eigenvalue weighted by Crippen LogP contribution is -2.41. The molecule has 0 radical (unpaired) electrons. The van der Waals surface area contributed by atoms with Gasteiger partial charge in [-0.15, -0.1) is 23.2 Å². The molecule has 0 spiro atoms. The minimum absolute atomic E-state index is 0.0515. The first kappa shape index (κ1) is 16.6. The number of rotatable bonds is 4. The quantitative estimate of drug-likeness (QED) is 0.820. The second-order valence-electron chi connectivity index (χ2n) is 6.14. The number of benzene rings is 1. The highest BCUT2D eigenvalue weighted by molar-refractivity contribution is 6.24. The minimum Gasteiger partial charge on any atom is -0.353 e. The summed E-state index contributed by atoms with van der Waals surface area (Å²) in [6.45, 7) is 3.96. The summed E-state index contributed by atoms with van der Waals surface area (Å²) in [4.78, 5) is 12.7. The first-order chi connectivity index (χ1) is 9.99. The summed E-state index contributed by atoms with van der Waals surface area (Å²) in [5.74, 6) is 0.0166. The van der Waals surface area contributed by atoms with Gasteiger partial charge in [0.05, 0.1) is 5.92 Å². The lowest BCUT2D eigenvalue weighted by atomic mass is 9.75. The Morgan fingerprint density at radius 1 is 1.19 bits per heavy atom. The van der Waals surface area contributed by atoms with Crippen molar-refractivity contribution in [3.8, 4) is 0 Å². The molecule has 4 atom stereocenters. The molecule has 21 heavy (non-hydrogen) atoms. The molecule has 1 aromatic carbocycles. The summed E-state index contributed by atoms with van der Waals surface area (Å²) in [6, 6.07) is 10.1. The summed E-state index contributed by atoms with van der Waals surface area (Å²) >= 11 is 12.7. The third-order valence-corrected chi connectivity index (χ3v) is 4.96. The van der Waals surface area contributed by atoms with Gasteiger partial charge in [-0.25, -0.2) is 0 Å². The minimum atomic E-state index is -0.194. The van der Waals surface area contributed by atoms with Crippen molar-refractivity contribution in [3.63, 3.8) is 0 Å². The number of carbonyl (C=O) groups is 1. The van der Waals surface area contributed by atoms with Crippen molar-refractivity contribution >= 4 is 29.1 Å². The summed E-state index contributed by atoms with van der Waals surface area (Å²) in [5.41, 5.74) is 1.04. The fraction of sp³-hybridized carbons (Fsp3) is 0.588. The normalized spacial score (nSPS) is 27.4. The van der Waals surface area contributed by atoms with Gasteiger partial charge in [0.25, 0.3) is 0 Å². The number of hydrogen-bond acceptors (Lipinski definition) is 1. The van der Waals surface area contributed by atoms with Gasteiger partial charge >= 0.3 is 0 Å². The summed E-state index contributed by atoms with van der Waals surface area (Å²) in [7, 11) is 0. The lowest BCUT2D eigenvalue weighted by molar-refractivity contribution is -0.124. The molecule has 2 rings (SSSR count). The van der Waals surface area contributed by atoms with Crippen LogP contribution in [0.1, 0.15) is 44.6 Å². The zero-order chi connectivity index (χ0) is 15.4. The molecule has 1 fully saturated rings. The SMILES string of the molecule is CC(C)NC(=O)C(c1ccccc1)C1CCC(Cl)CC1Cl. The molecule has 0 saturated heterocycles. The highest BCUT2D eigenvalue weighted by Gasteiger charge is 2.38. The molecule has 1 amide bonds. The van der Waals surface area contributed by atoms with Crippen LogP contribution in [0.15, 0.2) is 30.3 Å². The molecule has 1 aliphatic rings. The molecule has 2 nitrogen and oxygen atoms in total. The smallest absolute Gasteiger partial charge is 0.228 e. The number of halogens is 2. The van der Waals surface area contributed by atoms with E-state index in [0.29, 0.717) is 0 Å². The maximum absolute atomic E-state index is 12.7. The molecule has 0 aromatic heterocycles. The van der Waals surface area contributed by atoms with Gasteiger partial charge in [0.1, 0.15) is 0 Å². The highest BCUT2D eigenvalue weighted by Crippen LogP contribution is 2.40. The maximum Gasteiger partial charge on any atom is 0.228 e. The Morgan fingerprint density at radius 2 is 1.86 bits per heavy atom. The average molecular weight is 328 g/mol. The number of amides is 1. The van der Waals surface area contributed by atoms with Gasteiger partial charge in [-0.05, 0) is 44.6 Å². The monoisotopic (exact) mass is 327 g/mol. The van der Waals surface area contributed by atoms with Crippen LogP contribution in [-0.4, -0.2) is 22.7 Å². The number of nitrogens with one attached hydrogen (secondary N) is 1. The molecule has 1 N–H and O–H groups in total. The van der Waals surface area contributed by atoms with Crippen LogP contribution in [0.4, 0.5) is 0 Å². The van der Waals surface area contributed by atoms with E-state index in [9.17, 15) is 4.79 Å². The number of hydrogen-bond donors (Lipinski definition) is 1. The van der Waals surface area contributed by atoms with Crippen LogP contribution < -0.4 is 5.32 Å². The van der Waals surface area contributed by atoms with Crippen LogP contribution in [0.5, 0.6) is 0 Å². The Kier molecular flexibility index (Phi) is 5.95. The predicted molar refractivity (Wildman–Crippen MR) is 89.1 cm³/mol. The average Bonchev–Trinajstić information content (AvgIpc) is 2.42. The molecule has 1 saturated carbocycles. The number of alkyl halides is 2. The van der Waals surface area contributed by atoms with Crippen molar-refractivity contribution in [3.05, 3.63) is 35.9 Å². The zero-order valence-corrected chi connectivity index (χ0v) is 14.1. The summed E-state index contributed by atoms with van der Waals surface area (Å²) in [5, 5.41) is 3.12. The van der Waals surface area contributed by atoms with Gasteiger partial charge in [-0.2, -0.15) is 0 Å². The third kappa shape index (κ3) is 4.37. The largest absolute Gasteiger partial charge is 0.353 e. The molecular weight excluding hydrogens is 305 g/mol. The Labute approximate surface area is 137 Å². The fourth-order valence-electron chi connectivity index (χ4n) is 3.09. The van der Waals surface area contributed by atoms with E-state index in [1.165, 1.54) is 0 Å². The van der Waals surface area contributed by atoms with Gasteiger partial charge in [0.15, 0.2) is 0 Å². The van der Waals surface area contributed by atoms with Gasteiger partial charge in [-0.1, -0.05) is 30.3 Å². The summed E-state index contributed by atoms with van der Waals surface area (Å²) in [6.07, 6.45) is 2.59. The Hall–Kier alpha value is -0.730. The van der Waals surface area contributed by atoms with E-state index in [1.807, 2.05) is 44.2 Å². The van der Waals surface area contributed by atoms with Crippen LogP contribution in [0.25, 0.3) is 0 Å². The van der Waals surface area contributed by atoms with E-state index in [1.54, 1.807) is 0 Å². The summed E-state index contributed by atoms with van der Waals surface area (Å²) < 4.78 is 0. The van der Waals surface area contributed by atoms with E-state index < -0.39 is 0 Å². The maximum atomic E-state index is 12.7. The topological polar surface area (TPSA) is 29.1 Å². The van der Waals surface area contributed by atoms with E-state index >= 15 is 0 Å². The van der Waals surface area contributed by atoms with Crippen LogP contribution in [0, 0.1) is 5.92 Å². The van der Waals surface area contributed by atoms with Crippen LogP contribution in [0.3, 0.4) is 0 Å². The first-order valence-electron chi connectivity index (χ1n) is 7.62. The standard InChI is InChI=1S/C17H23Cl2NO/c1-11(2)20-17(21)16(12-6-4-3-5-7-12)14-9-8-13(18)10-15(14)19/h3-7,11,13-16H,8-10H2,1-2H3,(H,20,21). The van der Waals surface area contributed by atoms with E-state index in [2.05, 4.69) is 5.32 Å². The van der Waals surface area contributed by atoms with Crippen molar-refractivity contribution in [1.29, 1.82) is 0 Å². The molecule has 4 unspecified atom stereocenters. The first-order valence-corrected chi connectivity index (χ1v) is 8.49. The molecule has 1 aliphatic carbocycles. The fourth-order valence-corrected chi connectivity index (χ4v) is 3.99. The Morgan fingerprint density at radius 3 is 2.43 bits per heavy atom. The van der Waals surface area contributed by atoms with Crippen LogP contribution in [-0.2, 0) is 4.79 Å². The van der Waals surface area contributed by atoms with Crippen molar-refractivity contribution < 1.29 is 4.79 Å². The van der Waals surface area contributed by atoms with Crippen molar-refractivity contribution in [2.24, 2.45) is 5.92 Å². The van der Waals surface area contributed by atoms with E-state index in [-0.39, 0.29) is 34.5 Å².